The largest absolute Gasteiger partial charge is 0.275 e. The van der Waals surface area contributed by atoms with Crippen LogP contribution < -0.4 is 0 Å². The fraction of sp³-hybridized carbons (Fsp3) is 0.667. The summed E-state index contributed by atoms with van der Waals surface area (Å²) in [6, 6.07) is 0.132. The average Bonchev–Trinajstić information content (AvgIpc) is 2.81. The van der Waals surface area contributed by atoms with E-state index in [1.807, 2.05) is 4.68 Å². The molecule has 0 spiro atoms. The Bertz CT molecular complexity index is 363. The normalized spacial score (nSPS) is 18.9. The van der Waals surface area contributed by atoms with E-state index in [9.17, 15) is 4.79 Å². The zero-order valence-electron chi connectivity index (χ0n) is 8.88. The Morgan fingerprint density at radius 1 is 1.80 bits per heavy atom. The van der Waals surface area contributed by atoms with E-state index in [2.05, 4.69) is 10.3 Å². The van der Waals surface area contributed by atoms with Crippen LogP contribution in [-0.4, -0.2) is 40.1 Å². The molecule has 1 unspecified atom stereocenters. The third kappa shape index (κ3) is 1.85. The first-order valence-electron chi connectivity index (χ1n) is 4.92. The number of aromatic nitrogens is 3. The van der Waals surface area contributed by atoms with Gasteiger partial charge in [0.2, 0.25) is 5.91 Å². The van der Waals surface area contributed by atoms with Crippen LogP contribution in [0.25, 0.3) is 0 Å². The Balaban J connectivity index is 2.00. The number of nitrogens with zero attached hydrogens (tertiary/aromatic N) is 4. The minimum absolute atomic E-state index is 0.0362. The van der Waals surface area contributed by atoms with Gasteiger partial charge in [0.15, 0.2) is 0 Å². The third-order valence-electron chi connectivity index (χ3n) is 2.76. The van der Waals surface area contributed by atoms with Gasteiger partial charge < -0.3 is 0 Å². The molecule has 6 nitrogen and oxygen atoms in total. The molecule has 1 aliphatic heterocycles. The van der Waals surface area contributed by atoms with Crippen LogP contribution in [0, 0.1) is 0 Å². The zero-order chi connectivity index (χ0) is 10.8. The molecule has 0 radical (unpaired) electrons. The molecule has 2 rings (SSSR count). The highest BCUT2D eigenvalue weighted by molar-refractivity contribution is 5.75. The molecule has 0 saturated carbocycles. The van der Waals surface area contributed by atoms with Crippen molar-refractivity contribution in [2.24, 2.45) is 0 Å². The highest BCUT2D eigenvalue weighted by Crippen LogP contribution is 2.26. The van der Waals surface area contributed by atoms with Crippen molar-refractivity contribution in [2.75, 3.05) is 14.2 Å². The van der Waals surface area contributed by atoms with Gasteiger partial charge >= 0.3 is 0 Å². The van der Waals surface area contributed by atoms with Gasteiger partial charge in [-0.1, -0.05) is 5.21 Å². The summed E-state index contributed by atoms with van der Waals surface area (Å²) in [5, 5.41) is 9.04. The molecule has 1 atom stereocenters. The van der Waals surface area contributed by atoms with Crippen LogP contribution in [-0.2, 0) is 16.1 Å². The monoisotopic (exact) mass is 210 g/mol. The summed E-state index contributed by atoms with van der Waals surface area (Å²) < 4.78 is 1.83. The summed E-state index contributed by atoms with van der Waals surface area (Å²) in [5.74, 6) is -0.0362. The molecule has 0 aromatic carbocycles. The smallest absolute Gasteiger partial charge is 0.247 e. The maximum atomic E-state index is 11.6. The molecule has 0 bridgehead atoms. The van der Waals surface area contributed by atoms with Crippen molar-refractivity contribution in [3.05, 3.63) is 11.9 Å². The van der Waals surface area contributed by atoms with E-state index in [0.717, 1.165) is 18.5 Å². The number of fused-ring (bicyclic) bond motifs is 1. The molecular formula is C9H14N4O2. The third-order valence-corrected chi connectivity index (χ3v) is 2.76. The fourth-order valence-corrected chi connectivity index (χ4v) is 1.81. The number of aryl methyl sites for hydroxylation is 1. The van der Waals surface area contributed by atoms with Crippen LogP contribution in [0.5, 0.6) is 0 Å². The van der Waals surface area contributed by atoms with Crippen LogP contribution in [0.1, 0.15) is 24.6 Å². The predicted octanol–water partition coefficient (Wildman–Crippen LogP) is 0.175. The average molecular weight is 210 g/mol. The van der Waals surface area contributed by atoms with E-state index < -0.39 is 0 Å². The van der Waals surface area contributed by atoms with Crippen molar-refractivity contribution in [3.8, 4) is 0 Å². The number of rotatable bonds is 3. The second-order valence-corrected chi connectivity index (χ2v) is 3.64. The highest BCUT2D eigenvalue weighted by Gasteiger charge is 2.26. The van der Waals surface area contributed by atoms with E-state index in [0.29, 0.717) is 6.42 Å². The van der Waals surface area contributed by atoms with Crippen LogP contribution in [0.4, 0.5) is 0 Å². The highest BCUT2D eigenvalue weighted by atomic mass is 16.7. The lowest BCUT2D eigenvalue weighted by atomic mass is 10.1. The quantitative estimate of drug-likeness (QED) is 0.667. The maximum Gasteiger partial charge on any atom is 0.247 e. The van der Waals surface area contributed by atoms with Crippen LogP contribution in [0.15, 0.2) is 6.20 Å². The number of carbonyl (C=O) groups is 1. The number of amides is 1. The van der Waals surface area contributed by atoms with Crippen molar-refractivity contribution < 1.29 is 9.63 Å². The van der Waals surface area contributed by atoms with Gasteiger partial charge in [-0.3, -0.25) is 9.63 Å². The van der Waals surface area contributed by atoms with Crippen molar-refractivity contribution in [2.45, 2.75) is 25.3 Å². The first-order chi connectivity index (χ1) is 7.22. The Labute approximate surface area is 87.8 Å². The van der Waals surface area contributed by atoms with Gasteiger partial charge in [-0.15, -0.1) is 5.10 Å². The van der Waals surface area contributed by atoms with Crippen molar-refractivity contribution in [1.29, 1.82) is 0 Å². The minimum atomic E-state index is -0.0362. The van der Waals surface area contributed by atoms with E-state index in [-0.39, 0.29) is 11.9 Å². The first-order valence-corrected chi connectivity index (χ1v) is 4.92. The summed E-state index contributed by atoms with van der Waals surface area (Å²) in [7, 11) is 3.09. The molecule has 82 valence electrons. The molecule has 1 aliphatic rings. The predicted molar refractivity (Wildman–Crippen MR) is 51.8 cm³/mol. The number of hydroxylamine groups is 2. The summed E-state index contributed by atoms with van der Waals surface area (Å²) in [6.45, 7) is 0. The first kappa shape index (κ1) is 10.1. The van der Waals surface area contributed by atoms with Crippen molar-refractivity contribution in [1.82, 2.24) is 20.1 Å². The van der Waals surface area contributed by atoms with Gasteiger partial charge in [0.1, 0.15) is 0 Å². The fourth-order valence-electron chi connectivity index (χ4n) is 1.81. The molecule has 1 aromatic rings. The van der Waals surface area contributed by atoms with E-state index in [1.54, 1.807) is 13.2 Å². The van der Waals surface area contributed by atoms with Gasteiger partial charge in [0.05, 0.1) is 31.5 Å². The van der Waals surface area contributed by atoms with Gasteiger partial charge in [0.25, 0.3) is 0 Å². The second-order valence-electron chi connectivity index (χ2n) is 3.64. The van der Waals surface area contributed by atoms with Gasteiger partial charge in [-0.2, -0.15) is 0 Å². The van der Waals surface area contributed by atoms with Gasteiger partial charge in [-0.05, 0) is 12.8 Å². The summed E-state index contributed by atoms with van der Waals surface area (Å²) in [4.78, 5) is 16.4. The second kappa shape index (κ2) is 3.98. The number of hydrogen-bond acceptors (Lipinski definition) is 4. The Morgan fingerprint density at radius 2 is 2.60 bits per heavy atom. The number of carbonyl (C=O) groups excluding carboxylic acids is 1. The topological polar surface area (TPSA) is 60.2 Å². The zero-order valence-corrected chi connectivity index (χ0v) is 8.88. The van der Waals surface area contributed by atoms with E-state index >= 15 is 0 Å². The molecule has 0 N–H and O–H groups in total. The van der Waals surface area contributed by atoms with Gasteiger partial charge in [-0.25, -0.2) is 9.75 Å². The standard InChI is InChI=1S/C9H14N4O2/c1-12(15-2)9(14)5-7-3-4-8-6-10-11-13(7)8/h6-7H,3-5H2,1-2H3. The Morgan fingerprint density at radius 3 is 3.33 bits per heavy atom. The lowest BCUT2D eigenvalue weighted by Crippen LogP contribution is -2.27. The lowest BCUT2D eigenvalue weighted by molar-refractivity contribution is -0.169. The Kier molecular flexibility index (Phi) is 2.68. The minimum Gasteiger partial charge on any atom is -0.275 e. The summed E-state index contributed by atoms with van der Waals surface area (Å²) >= 11 is 0. The van der Waals surface area contributed by atoms with Gasteiger partial charge in [0, 0.05) is 7.05 Å². The molecule has 1 aromatic heterocycles. The van der Waals surface area contributed by atoms with Crippen molar-refractivity contribution in [3.63, 3.8) is 0 Å². The molecule has 0 aliphatic carbocycles. The molecule has 0 saturated heterocycles. The van der Waals surface area contributed by atoms with Crippen LogP contribution in [0.3, 0.4) is 0 Å². The molecule has 6 heteroatoms. The lowest BCUT2D eigenvalue weighted by Gasteiger charge is -2.16. The molecular weight excluding hydrogens is 196 g/mol. The number of hydrogen-bond donors (Lipinski definition) is 0. The summed E-state index contributed by atoms with van der Waals surface area (Å²) in [6.07, 6.45) is 4.07. The van der Waals surface area contributed by atoms with Crippen molar-refractivity contribution >= 4 is 5.91 Å². The SMILES string of the molecule is CON(C)C(=O)CC1CCc2cnnn21. The van der Waals surface area contributed by atoms with Crippen LogP contribution >= 0.6 is 0 Å². The molecule has 1 amide bonds. The maximum absolute atomic E-state index is 11.6. The van der Waals surface area contributed by atoms with E-state index in [1.165, 1.54) is 12.2 Å². The van der Waals surface area contributed by atoms with E-state index in [4.69, 9.17) is 4.84 Å². The Hall–Kier alpha value is -1.43. The summed E-state index contributed by atoms with van der Waals surface area (Å²) in [5.41, 5.74) is 1.10. The molecule has 15 heavy (non-hydrogen) atoms. The van der Waals surface area contributed by atoms with Crippen LogP contribution in [0.2, 0.25) is 0 Å². The molecule has 0 fully saturated rings. The molecule has 2 heterocycles.